The van der Waals surface area contributed by atoms with E-state index in [1.165, 1.54) is 16.9 Å². The van der Waals surface area contributed by atoms with Crippen LogP contribution in [0.25, 0.3) is 0 Å². The van der Waals surface area contributed by atoms with Crippen molar-refractivity contribution in [2.45, 2.75) is 39.3 Å². The van der Waals surface area contributed by atoms with Crippen LogP contribution in [0, 0.1) is 12.8 Å². The van der Waals surface area contributed by atoms with Gasteiger partial charge in [-0.2, -0.15) is 0 Å². The molecule has 1 aliphatic rings. The summed E-state index contributed by atoms with van der Waals surface area (Å²) in [6.07, 6.45) is 1.60. The van der Waals surface area contributed by atoms with Crippen LogP contribution in [-0.2, 0) is 4.74 Å². The molecule has 90 valence electrons. The Bertz CT molecular complexity index is 336. The van der Waals surface area contributed by atoms with Crippen LogP contribution >= 0.6 is 11.3 Å². The summed E-state index contributed by atoms with van der Waals surface area (Å²) in [5.74, 6) is 0.632. The quantitative estimate of drug-likeness (QED) is 0.871. The van der Waals surface area contributed by atoms with Gasteiger partial charge in [0.05, 0.1) is 12.7 Å². The summed E-state index contributed by atoms with van der Waals surface area (Å²) in [6, 6.07) is 2.69. The number of hydrogen-bond acceptors (Lipinski definition) is 3. The molecule has 1 aliphatic heterocycles. The summed E-state index contributed by atoms with van der Waals surface area (Å²) in [7, 11) is 0. The molecule has 2 rings (SSSR count). The van der Waals surface area contributed by atoms with Crippen molar-refractivity contribution in [3.63, 3.8) is 0 Å². The molecule has 2 heterocycles. The van der Waals surface area contributed by atoms with Gasteiger partial charge in [-0.3, -0.25) is 0 Å². The van der Waals surface area contributed by atoms with E-state index in [-0.39, 0.29) is 0 Å². The van der Waals surface area contributed by atoms with Gasteiger partial charge < -0.3 is 10.1 Å². The van der Waals surface area contributed by atoms with E-state index in [2.05, 4.69) is 37.5 Å². The molecule has 0 spiro atoms. The monoisotopic (exact) mass is 239 g/mol. The van der Waals surface area contributed by atoms with E-state index in [9.17, 15) is 0 Å². The zero-order valence-corrected chi connectivity index (χ0v) is 11.1. The van der Waals surface area contributed by atoms with E-state index in [0.29, 0.717) is 18.1 Å². The summed E-state index contributed by atoms with van der Waals surface area (Å²) >= 11 is 1.87. The van der Waals surface area contributed by atoms with Crippen molar-refractivity contribution in [3.8, 4) is 0 Å². The van der Waals surface area contributed by atoms with E-state index < -0.39 is 0 Å². The molecule has 2 nitrogen and oxygen atoms in total. The predicted molar refractivity (Wildman–Crippen MR) is 69.0 cm³/mol. The first kappa shape index (κ1) is 12.1. The molecule has 3 atom stereocenters. The lowest BCUT2D eigenvalue weighted by Gasteiger charge is -2.23. The first-order valence-electron chi connectivity index (χ1n) is 6.11. The molecule has 0 saturated carbocycles. The van der Waals surface area contributed by atoms with Gasteiger partial charge in [-0.1, -0.05) is 6.92 Å². The standard InChI is InChI=1S/C13H21NOS/c1-4-14-12(11-7-10(3)15-8-11)13-9(2)5-6-16-13/h5-6,10-12,14H,4,7-8H2,1-3H3. The molecule has 0 aromatic carbocycles. The third kappa shape index (κ3) is 2.47. The van der Waals surface area contributed by atoms with Gasteiger partial charge in [0.1, 0.15) is 0 Å². The summed E-state index contributed by atoms with van der Waals surface area (Å²) in [4.78, 5) is 1.49. The van der Waals surface area contributed by atoms with Crippen LogP contribution in [0.3, 0.4) is 0 Å². The Balaban J connectivity index is 2.14. The molecule has 1 aromatic rings. The summed E-state index contributed by atoms with van der Waals surface area (Å²) < 4.78 is 5.70. The second kappa shape index (κ2) is 5.30. The van der Waals surface area contributed by atoms with E-state index >= 15 is 0 Å². The first-order valence-corrected chi connectivity index (χ1v) is 6.99. The highest BCUT2D eigenvalue weighted by Crippen LogP contribution is 2.35. The number of ether oxygens (including phenoxy) is 1. The van der Waals surface area contributed by atoms with Gasteiger partial charge in [0.25, 0.3) is 0 Å². The molecule has 1 aromatic heterocycles. The SMILES string of the molecule is CCNC(c1sccc1C)C1COC(C)C1. The lowest BCUT2D eigenvalue weighted by atomic mass is 9.94. The Hall–Kier alpha value is -0.380. The lowest BCUT2D eigenvalue weighted by molar-refractivity contribution is 0.117. The number of thiophene rings is 1. The topological polar surface area (TPSA) is 21.3 Å². The third-order valence-corrected chi connectivity index (χ3v) is 4.41. The molecule has 0 aliphatic carbocycles. The Labute approximate surface area is 102 Å². The number of aryl methyl sites for hydroxylation is 1. The molecule has 16 heavy (non-hydrogen) atoms. The average Bonchev–Trinajstić information content (AvgIpc) is 2.84. The van der Waals surface area contributed by atoms with Crippen molar-refractivity contribution in [1.29, 1.82) is 0 Å². The van der Waals surface area contributed by atoms with Crippen LogP contribution in [0.1, 0.15) is 36.8 Å². The van der Waals surface area contributed by atoms with Crippen molar-refractivity contribution in [2.75, 3.05) is 13.2 Å². The zero-order chi connectivity index (χ0) is 11.5. The average molecular weight is 239 g/mol. The van der Waals surface area contributed by atoms with E-state index in [0.717, 1.165) is 13.2 Å². The Morgan fingerprint density at radius 3 is 2.94 bits per heavy atom. The molecular weight excluding hydrogens is 218 g/mol. The molecule has 3 heteroatoms. The first-order chi connectivity index (χ1) is 7.72. The zero-order valence-electron chi connectivity index (χ0n) is 10.3. The Morgan fingerprint density at radius 1 is 1.62 bits per heavy atom. The maximum Gasteiger partial charge on any atom is 0.0551 e. The molecular formula is C13H21NOS. The van der Waals surface area contributed by atoms with Gasteiger partial charge in [-0.25, -0.2) is 0 Å². The van der Waals surface area contributed by atoms with Crippen molar-refractivity contribution in [2.24, 2.45) is 5.92 Å². The molecule has 1 saturated heterocycles. The van der Waals surface area contributed by atoms with E-state index in [1.807, 2.05) is 11.3 Å². The molecule has 3 unspecified atom stereocenters. The third-order valence-electron chi connectivity index (χ3n) is 3.31. The molecule has 0 bridgehead atoms. The maximum absolute atomic E-state index is 5.70. The van der Waals surface area contributed by atoms with Crippen molar-refractivity contribution in [1.82, 2.24) is 5.32 Å². The smallest absolute Gasteiger partial charge is 0.0551 e. The van der Waals surface area contributed by atoms with Gasteiger partial charge in [0, 0.05) is 16.8 Å². The highest BCUT2D eigenvalue weighted by Gasteiger charge is 2.31. The second-order valence-corrected chi connectivity index (χ2v) is 5.59. The minimum absolute atomic E-state index is 0.423. The van der Waals surface area contributed by atoms with Gasteiger partial charge in [0.15, 0.2) is 0 Å². The van der Waals surface area contributed by atoms with Crippen molar-refractivity contribution in [3.05, 3.63) is 21.9 Å². The van der Waals surface area contributed by atoms with Crippen LogP contribution in [0.4, 0.5) is 0 Å². The molecule has 0 radical (unpaired) electrons. The summed E-state index contributed by atoms with van der Waals surface area (Å²) in [5.41, 5.74) is 1.41. The van der Waals surface area contributed by atoms with Crippen molar-refractivity contribution >= 4 is 11.3 Å². The van der Waals surface area contributed by atoms with Gasteiger partial charge in [-0.05, 0) is 43.8 Å². The maximum atomic E-state index is 5.70. The van der Waals surface area contributed by atoms with Crippen LogP contribution in [0.15, 0.2) is 11.4 Å². The van der Waals surface area contributed by atoms with Gasteiger partial charge in [0.2, 0.25) is 0 Å². The fourth-order valence-electron chi connectivity index (χ4n) is 2.48. The number of nitrogens with one attached hydrogen (secondary N) is 1. The Morgan fingerprint density at radius 2 is 2.44 bits per heavy atom. The fourth-order valence-corrected chi connectivity index (χ4v) is 3.57. The van der Waals surface area contributed by atoms with Crippen LogP contribution < -0.4 is 5.32 Å². The van der Waals surface area contributed by atoms with Crippen LogP contribution in [0.5, 0.6) is 0 Å². The highest BCUT2D eigenvalue weighted by molar-refractivity contribution is 7.10. The summed E-state index contributed by atoms with van der Waals surface area (Å²) in [5, 5.41) is 5.81. The summed E-state index contributed by atoms with van der Waals surface area (Å²) in [6.45, 7) is 8.47. The predicted octanol–water partition coefficient (Wildman–Crippen LogP) is 3.13. The number of rotatable bonds is 4. The van der Waals surface area contributed by atoms with E-state index in [4.69, 9.17) is 4.74 Å². The number of hydrogen-bond donors (Lipinski definition) is 1. The minimum atomic E-state index is 0.423. The molecule has 1 N–H and O–H groups in total. The lowest BCUT2D eigenvalue weighted by Crippen LogP contribution is -2.28. The highest BCUT2D eigenvalue weighted by atomic mass is 32.1. The Kier molecular flexibility index (Phi) is 4.00. The largest absolute Gasteiger partial charge is 0.378 e. The second-order valence-electron chi connectivity index (χ2n) is 4.64. The fraction of sp³-hybridized carbons (Fsp3) is 0.692. The van der Waals surface area contributed by atoms with Crippen molar-refractivity contribution < 1.29 is 4.74 Å². The molecule has 0 amide bonds. The van der Waals surface area contributed by atoms with E-state index in [1.54, 1.807) is 0 Å². The van der Waals surface area contributed by atoms with Crippen LogP contribution in [0.2, 0.25) is 0 Å². The molecule has 1 fully saturated rings. The van der Waals surface area contributed by atoms with Gasteiger partial charge in [-0.15, -0.1) is 11.3 Å². The minimum Gasteiger partial charge on any atom is -0.378 e. The normalized spacial score (nSPS) is 27.2. The van der Waals surface area contributed by atoms with Crippen LogP contribution in [-0.4, -0.2) is 19.3 Å². The van der Waals surface area contributed by atoms with Gasteiger partial charge >= 0.3 is 0 Å².